The van der Waals surface area contributed by atoms with Crippen LogP contribution in [-0.4, -0.2) is 31.5 Å². The second-order valence-corrected chi connectivity index (χ2v) is 9.78. The number of benzene rings is 1. The van der Waals surface area contributed by atoms with Crippen LogP contribution in [0.3, 0.4) is 0 Å². The first-order valence-electron chi connectivity index (χ1n) is 9.38. The first-order valence-corrected chi connectivity index (χ1v) is 11.3. The zero-order valence-corrected chi connectivity index (χ0v) is 19.5. The van der Waals surface area contributed by atoms with Crippen molar-refractivity contribution in [1.82, 2.24) is 5.48 Å². The van der Waals surface area contributed by atoms with E-state index in [1.54, 1.807) is 13.0 Å². The highest BCUT2D eigenvalue weighted by Gasteiger charge is 2.27. The van der Waals surface area contributed by atoms with Crippen molar-refractivity contribution in [2.45, 2.75) is 27.2 Å². The third kappa shape index (κ3) is 5.22. The van der Waals surface area contributed by atoms with E-state index < -0.39 is 5.91 Å². The summed E-state index contributed by atoms with van der Waals surface area (Å²) in [5.74, 6) is -0.684. The minimum atomic E-state index is -0.414. The van der Waals surface area contributed by atoms with Crippen molar-refractivity contribution in [3.8, 4) is 0 Å². The van der Waals surface area contributed by atoms with Crippen molar-refractivity contribution in [3.63, 3.8) is 0 Å². The highest BCUT2D eigenvalue weighted by molar-refractivity contribution is 14.1. The van der Waals surface area contributed by atoms with Gasteiger partial charge in [0.2, 0.25) is 0 Å². The van der Waals surface area contributed by atoms with Gasteiger partial charge in [-0.05, 0) is 52.8 Å². The molecule has 0 unspecified atom stereocenters. The number of rotatable bonds is 8. The minimum absolute atomic E-state index is 0.0246. The van der Waals surface area contributed by atoms with Crippen LogP contribution in [0.1, 0.15) is 49.9 Å². The molecule has 1 amide bonds. The van der Waals surface area contributed by atoms with Crippen LogP contribution in [0.5, 0.6) is 0 Å². The summed E-state index contributed by atoms with van der Waals surface area (Å²) in [5, 5.41) is 0. The molecule has 0 atom stereocenters. The first-order chi connectivity index (χ1) is 13.8. The van der Waals surface area contributed by atoms with Gasteiger partial charge in [-0.25, -0.2) is 9.87 Å². The largest absolute Gasteiger partial charge is 0.381 e. The Hall–Kier alpha value is -1.36. The summed E-state index contributed by atoms with van der Waals surface area (Å²) in [4.78, 5) is 32.0. The van der Waals surface area contributed by atoms with Gasteiger partial charge >= 0.3 is 0 Å². The number of thiophene rings is 1. The van der Waals surface area contributed by atoms with Gasteiger partial charge < -0.3 is 4.74 Å². The number of carbonyl (C=O) groups excluding carboxylic acids is 2. The van der Waals surface area contributed by atoms with Crippen LogP contribution in [0.2, 0.25) is 0 Å². The summed E-state index contributed by atoms with van der Waals surface area (Å²) >= 11 is 3.31. The summed E-state index contributed by atoms with van der Waals surface area (Å²) in [6, 6.07) is 4.99. The van der Waals surface area contributed by atoms with E-state index in [2.05, 4.69) is 28.1 Å². The molecule has 1 aliphatic rings. The Morgan fingerprint density at radius 2 is 2.10 bits per heavy atom. The van der Waals surface area contributed by atoms with Gasteiger partial charge in [-0.3, -0.25) is 14.4 Å². The van der Waals surface area contributed by atoms with E-state index in [0.717, 1.165) is 3.57 Å². The molecule has 2 aromatic rings. The van der Waals surface area contributed by atoms with Crippen LogP contribution in [0.4, 0.5) is 4.39 Å². The molecule has 2 heterocycles. The molecule has 156 valence electrons. The lowest BCUT2D eigenvalue weighted by Crippen LogP contribution is -2.35. The van der Waals surface area contributed by atoms with E-state index >= 15 is 0 Å². The molecule has 1 fully saturated rings. The molecule has 1 aromatic carbocycles. The van der Waals surface area contributed by atoms with Gasteiger partial charge in [-0.1, -0.05) is 19.9 Å². The molecular weight excluding hydrogens is 508 g/mol. The fourth-order valence-electron chi connectivity index (χ4n) is 2.99. The molecule has 3 rings (SSSR count). The number of ether oxygens (including phenoxy) is 1. The molecule has 1 aliphatic heterocycles. The molecule has 0 spiro atoms. The zero-order chi connectivity index (χ0) is 21.1. The lowest BCUT2D eigenvalue weighted by Gasteiger charge is -2.25. The molecule has 1 N–H and O–H groups in total. The third-order valence-corrected chi connectivity index (χ3v) is 6.73. The summed E-state index contributed by atoms with van der Waals surface area (Å²) in [6.45, 7) is 7.02. The Bertz CT molecular complexity index is 924. The van der Waals surface area contributed by atoms with E-state index in [4.69, 9.17) is 9.57 Å². The highest BCUT2D eigenvalue weighted by atomic mass is 127. The van der Waals surface area contributed by atoms with Crippen molar-refractivity contribution in [2.24, 2.45) is 11.8 Å². The van der Waals surface area contributed by atoms with Gasteiger partial charge in [-0.15, -0.1) is 11.3 Å². The maximum Gasteiger partial charge on any atom is 0.276 e. The average molecular weight is 531 g/mol. The van der Waals surface area contributed by atoms with Crippen molar-refractivity contribution in [3.05, 3.63) is 54.0 Å². The molecule has 8 heteroatoms. The molecule has 5 nitrogen and oxygen atoms in total. The zero-order valence-electron chi connectivity index (χ0n) is 16.5. The SMILES string of the molecule is Cc1c(C(=O)C(C)C)sc(Cc2ccc(I)cc2F)c1C(=O)NOCC1COC1. The fourth-order valence-corrected chi connectivity index (χ4v) is 4.85. The maximum absolute atomic E-state index is 14.4. The molecule has 1 saturated heterocycles. The number of hydrogen-bond acceptors (Lipinski definition) is 5. The van der Waals surface area contributed by atoms with Gasteiger partial charge in [0, 0.05) is 26.7 Å². The highest BCUT2D eigenvalue weighted by Crippen LogP contribution is 2.32. The van der Waals surface area contributed by atoms with Crippen LogP contribution in [0, 0.1) is 28.1 Å². The smallest absolute Gasteiger partial charge is 0.276 e. The Morgan fingerprint density at radius 1 is 1.38 bits per heavy atom. The molecule has 0 saturated carbocycles. The van der Waals surface area contributed by atoms with Crippen molar-refractivity contribution < 1.29 is 23.6 Å². The van der Waals surface area contributed by atoms with E-state index in [9.17, 15) is 14.0 Å². The number of halogens is 2. The lowest BCUT2D eigenvalue weighted by atomic mass is 10.00. The molecule has 0 aliphatic carbocycles. The van der Waals surface area contributed by atoms with Gasteiger partial charge in [0.15, 0.2) is 5.78 Å². The topological polar surface area (TPSA) is 64.6 Å². The monoisotopic (exact) mass is 531 g/mol. The van der Waals surface area contributed by atoms with Crippen molar-refractivity contribution >= 4 is 45.6 Å². The number of carbonyl (C=O) groups is 2. The Morgan fingerprint density at radius 3 is 2.69 bits per heavy atom. The molecule has 0 radical (unpaired) electrons. The number of nitrogens with one attached hydrogen (secondary N) is 1. The van der Waals surface area contributed by atoms with Crippen LogP contribution >= 0.6 is 33.9 Å². The predicted octanol–water partition coefficient (Wildman–Crippen LogP) is 4.54. The van der Waals surface area contributed by atoms with Gasteiger partial charge in [0.05, 0.1) is 30.3 Å². The van der Waals surface area contributed by atoms with Crippen molar-refractivity contribution in [1.29, 1.82) is 0 Å². The number of hydroxylamine groups is 1. The van der Waals surface area contributed by atoms with Crippen molar-refractivity contribution in [2.75, 3.05) is 19.8 Å². The Labute approximate surface area is 187 Å². The number of Topliss-reactive ketones (excluding diaryl/α,β-unsaturated/α-hetero) is 1. The molecule has 0 bridgehead atoms. The summed E-state index contributed by atoms with van der Waals surface area (Å²) < 4.78 is 20.3. The molecule has 29 heavy (non-hydrogen) atoms. The van der Waals surface area contributed by atoms with E-state index in [1.165, 1.54) is 17.4 Å². The Balaban J connectivity index is 1.88. The molecule has 1 aromatic heterocycles. The van der Waals surface area contributed by atoms with E-state index in [0.29, 0.717) is 46.3 Å². The number of hydrogen-bond donors (Lipinski definition) is 1. The van der Waals surface area contributed by atoms with Gasteiger partial charge in [0.25, 0.3) is 5.91 Å². The standard InChI is InChI=1S/C21H23FINO4S/c1-11(2)19(25)20-12(3)18(21(26)24-28-10-13-8-27-9-13)17(29-20)6-14-4-5-15(23)7-16(14)22/h4-5,7,11,13H,6,8-10H2,1-3H3,(H,24,26). The van der Waals surface area contributed by atoms with Crippen LogP contribution in [0.25, 0.3) is 0 Å². The van der Waals surface area contributed by atoms with Crippen LogP contribution in [-0.2, 0) is 16.0 Å². The number of ketones is 1. The van der Waals surface area contributed by atoms with Gasteiger partial charge in [0.1, 0.15) is 5.82 Å². The van der Waals surface area contributed by atoms with E-state index in [1.807, 2.05) is 19.9 Å². The van der Waals surface area contributed by atoms with Crippen LogP contribution in [0.15, 0.2) is 18.2 Å². The maximum atomic E-state index is 14.4. The van der Waals surface area contributed by atoms with E-state index in [-0.39, 0.29) is 29.9 Å². The summed E-state index contributed by atoms with van der Waals surface area (Å²) in [7, 11) is 0. The van der Waals surface area contributed by atoms with Crippen LogP contribution < -0.4 is 5.48 Å². The predicted molar refractivity (Wildman–Crippen MR) is 118 cm³/mol. The lowest BCUT2D eigenvalue weighted by molar-refractivity contribution is -0.0865. The second kappa shape index (κ2) is 9.63. The quantitative estimate of drug-likeness (QED) is 0.309. The molecular formula is C21H23FINO4S. The second-order valence-electron chi connectivity index (χ2n) is 7.43. The Kier molecular flexibility index (Phi) is 7.42. The number of amides is 1. The normalized spacial score (nSPS) is 14.1. The first kappa shape index (κ1) is 22.3. The van der Waals surface area contributed by atoms with Gasteiger partial charge in [-0.2, -0.15) is 0 Å². The summed E-state index contributed by atoms with van der Waals surface area (Å²) in [6.07, 6.45) is 0.235. The minimum Gasteiger partial charge on any atom is -0.381 e. The fraction of sp³-hybridized carbons (Fsp3) is 0.429. The summed E-state index contributed by atoms with van der Waals surface area (Å²) in [5.41, 5.74) is 3.96. The average Bonchev–Trinajstić information content (AvgIpc) is 2.94. The third-order valence-electron chi connectivity index (χ3n) is 4.75.